The number of aryl methyl sites for hydroxylation is 1. The molecule has 0 bridgehead atoms. The van der Waals surface area contributed by atoms with Gasteiger partial charge in [-0.2, -0.15) is 13.2 Å². The van der Waals surface area contributed by atoms with E-state index in [0.717, 1.165) is 18.2 Å². The highest BCUT2D eigenvalue weighted by molar-refractivity contribution is 5.84. The Kier molecular flexibility index (Phi) is 4.44. The molecule has 0 saturated carbocycles. The molecule has 0 N–H and O–H groups in total. The molecule has 0 aliphatic heterocycles. The number of nitrogens with zero attached hydrogens (tertiary/aromatic N) is 2. The van der Waals surface area contributed by atoms with Crippen molar-refractivity contribution in [1.29, 1.82) is 0 Å². The molecule has 3 aromatic rings. The van der Waals surface area contributed by atoms with Crippen molar-refractivity contribution in [3.05, 3.63) is 58.3 Å². The summed E-state index contributed by atoms with van der Waals surface area (Å²) in [5.41, 5.74) is -0.836. The fourth-order valence-corrected chi connectivity index (χ4v) is 3.24. The minimum absolute atomic E-state index is 0.0800. The largest absolute Gasteiger partial charge is 0.417 e. The Balaban J connectivity index is 2.27. The number of halogens is 4. The van der Waals surface area contributed by atoms with Crippen LogP contribution in [0.15, 0.2) is 41.2 Å². The summed E-state index contributed by atoms with van der Waals surface area (Å²) in [6.07, 6.45) is -4.68. The highest BCUT2D eigenvalue weighted by Gasteiger charge is 2.35. The summed E-state index contributed by atoms with van der Waals surface area (Å²) in [5, 5.41) is 0. The molecule has 0 saturated heterocycles. The quantitative estimate of drug-likeness (QED) is 0.561. The first-order chi connectivity index (χ1) is 12.4. The maximum atomic E-state index is 14.3. The van der Waals surface area contributed by atoms with E-state index in [4.69, 9.17) is 0 Å². The normalized spacial score (nSPS) is 12.7. The Morgan fingerprint density at radius 2 is 1.67 bits per heavy atom. The molecule has 0 radical (unpaired) electrons. The predicted octanol–water partition coefficient (Wildman–Crippen LogP) is 5.21. The van der Waals surface area contributed by atoms with Crippen LogP contribution < -0.4 is 5.69 Å². The van der Waals surface area contributed by atoms with Gasteiger partial charge in [-0.25, -0.2) is 9.18 Å². The second-order valence-corrected chi connectivity index (χ2v) is 7.85. The van der Waals surface area contributed by atoms with Gasteiger partial charge in [0, 0.05) is 19.2 Å². The molecular formula is C20H20F4N2O. The van der Waals surface area contributed by atoms with Crippen molar-refractivity contribution in [3.8, 4) is 11.1 Å². The Morgan fingerprint density at radius 3 is 2.26 bits per heavy atom. The van der Waals surface area contributed by atoms with Gasteiger partial charge >= 0.3 is 11.9 Å². The van der Waals surface area contributed by atoms with Gasteiger partial charge in [0.1, 0.15) is 5.82 Å². The molecule has 0 fully saturated rings. The molecule has 3 rings (SSSR count). The van der Waals surface area contributed by atoms with Gasteiger partial charge in [-0.3, -0.25) is 9.13 Å². The van der Waals surface area contributed by atoms with E-state index in [1.54, 1.807) is 17.7 Å². The van der Waals surface area contributed by atoms with E-state index < -0.39 is 23.1 Å². The molecule has 0 spiro atoms. The topological polar surface area (TPSA) is 26.9 Å². The molecule has 0 atom stereocenters. The second-order valence-electron chi connectivity index (χ2n) is 7.85. The molecule has 0 aliphatic carbocycles. The fourth-order valence-electron chi connectivity index (χ4n) is 3.24. The third kappa shape index (κ3) is 3.50. The average molecular weight is 380 g/mol. The standard InChI is InChI=1S/C20H20F4N2O/c1-19(2,3)11-26-15-9-8-12(10-16(15)25(4)18(26)27)17-13(20(22,23)24)6-5-7-14(17)21/h5-10H,11H2,1-4H3. The van der Waals surface area contributed by atoms with E-state index in [2.05, 4.69) is 0 Å². The first kappa shape index (κ1) is 19.2. The maximum absolute atomic E-state index is 14.3. The maximum Gasteiger partial charge on any atom is 0.417 e. The van der Waals surface area contributed by atoms with Crippen LogP contribution in [0.4, 0.5) is 17.6 Å². The monoisotopic (exact) mass is 380 g/mol. The molecule has 3 nitrogen and oxygen atoms in total. The van der Waals surface area contributed by atoms with Gasteiger partial charge in [-0.05, 0) is 35.2 Å². The van der Waals surface area contributed by atoms with Crippen LogP contribution in [0.2, 0.25) is 0 Å². The number of hydrogen-bond donors (Lipinski definition) is 0. The molecule has 27 heavy (non-hydrogen) atoms. The molecule has 1 aromatic heterocycles. The van der Waals surface area contributed by atoms with E-state index in [0.29, 0.717) is 17.6 Å². The highest BCUT2D eigenvalue weighted by atomic mass is 19.4. The molecule has 0 unspecified atom stereocenters. The van der Waals surface area contributed by atoms with E-state index in [1.807, 2.05) is 20.8 Å². The lowest BCUT2D eigenvalue weighted by Gasteiger charge is -2.18. The summed E-state index contributed by atoms with van der Waals surface area (Å²) in [6, 6.07) is 7.32. The van der Waals surface area contributed by atoms with Gasteiger partial charge in [-0.15, -0.1) is 0 Å². The van der Waals surface area contributed by atoms with E-state index in [-0.39, 0.29) is 16.7 Å². The Bertz CT molecular complexity index is 1070. The van der Waals surface area contributed by atoms with Crippen LogP contribution in [0.5, 0.6) is 0 Å². The van der Waals surface area contributed by atoms with Gasteiger partial charge in [0.2, 0.25) is 0 Å². The van der Waals surface area contributed by atoms with Gasteiger partial charge in [0.25, 0.3) is 0 Å². The smallest absolute Gasteiger partial charge is 0.295 e. The van der Waals surface area contributed by atoms with Gasteiger partial charge < -0.3 is 0 Å². The number of aromatic nitrogens is 2. The molecule has 1 heterocycles. The summed E-state index contributed by atoms with van der Waals surface area (Å²) < 4.78 is 57.3. The van der Waals surface area contributed by atoms with Gasteiger partial charge in [0.15, 0.2) is 0 Å². The van der Waals surface area contributed by atoms with E-state index in [9.17, 15) is 22.4 Å². The Labute approximate surface area is 153 Å². The Morgan fingerprint density at radius 1 is 1.00 bits per heavy atom. The zero-order valence-electron chi connectivity index (χ0n) is 15.5. The minimum Gasteiger partial charge on any atom is -0.295 e. The molecular weight excluding hydrogens is 360 g/mol. The van der Waals surface area contributed by atoms with E-state index >= 15 is 0 Å². The molecule has 144 valence electrons. The average Bonchev–Trinajstić information content (AvgIpc) is 2.77. The molecule has 0 aliphatic rings. The molecule has 7 heteroatoms. The zero-order valence-corrected chi connectivity index (χ0v) is 15.5. The van der Waals surface area contributed by atoms with Crippen molar-refractivity contribution in [2.75, 3.05) is 0 Å². The summed E-state index contributed by atoms with van der Waals surface area (Å²) in [6.45, 7) is 6.42. The zero-order chi connectivity index (χ0) is 20.1. The number of alkyl halides is 3. The third-order valence-electron chi connectivity index (χ3n) is 4.39. The number of benzene rings is 2. The fraction of sp³-hybridized carbons (Fsp3) is 0.350. The van der Waals surface area contributed by atoms with Crippen LogP contribution in [-0.4, -0.2) is 9.13 Å². The van der Waals surface area contributed by atoms with Crippen LogP contribution in [-0.2, 0) is 19.8 Å². The van der Waals surface area contributed by atoms with Crippen molar-refractivity contribution < 1.29 is 17.6 Å². The minimum atomic E-state index is -4.68. The number of imidazole rings is 1. The summed E-state index contributed by atoms with van der Waals surface area (Å²) >= 11 is 0. The van der Waals surface area contributed by atoms with Crippen molar-refractivity contribution in [2.45, 2.75) is 33.5 Å². The van der Waals surface area contributed by atoms with Gasteiger partial charge in [0.05, 0.1) is 16.6 Å². The predicted molar refractivity (Wildman–Crippen MR) is 97.0 cm³/mol. The summed E-state index contributed by atoms with van der Waals surface area (Å²) in [7, 11) is 1.56. The van der Waals surface area contributed by atoms with Crippen molar-refractivity contribution in [2.24, 2.45) is 12.5 Å². The Hall–Kier alpha value is -2.57. The van der Waals surface area contributed by atoms with Crippen LogP contribution >= 0.6 is 0 Å². The van der Waals surface area contributed by atoms with Crippen LogP contribution in [0.1, 0.15) is 26.3 Å². The molecule has 2 aromatic carbocycles. The van der Waals surface area contributed by atoms with Gasteiger partial charge in [-0.1, -0.05) is 32.9 Å². The lowest BCUT2D eigenvalue weighted by Crippen LogP contribution is -2.27. The first-order valence-electron chi connectivity index (χ1n) is 8.45. The number of fused-ring (bicyclic) bond motifs is 1. The van der Waals surface area contributed by atoms with Crippen molar-refractivity contribution in [1.82, 2.24) is 9.13 Å². The lowest BCUT2D eigenvalue weighted by atomic mass is 9.96. The molecule has 0 amide bonds. The van der Waals surface area contributed by atoms with Crippen LogP contribution in [0.3, 0.4) is 0 Å². The van der Waals surface area contributed by atoms with Crippen LogP contribution in [0.25, 0.3) is 22.2 Å². The van der Waals surface area contributed by atoms with E-state index in [1.165, 1.54) is 16.7 Å². The summed E-state index contributed by atoms with van der Waals surface area (Å²) in [5.74, 6) is -0.955. The first-order valence-corrected chi connectivity index (χ1v) is 8.45. The third-order valence-corrected chi connectivity index (χ3v) is 4.39. The second kappa shape index (κ2) is 6.25. The summed E-state index contributed by atoms with van der Waals surface area (Å²) in [4.78, 5) is 12.6. The lowest BCUT2D eigenvalue weighted by molar-refractivity contribution is -0.137. The van der Waals surface area contributed by atoms with Crippen molar-refractivity contribution >= 4 is 11.0 Å². The number of hydrogen-bond acceptors (Lipinski definition) is 1. The van der Waals surface area contributed by atoms with Crippen molar-refractivity contribution in [3.63, 3.8) is 0 Å². The SMILES string of the molecule is Cn1c(=O)n(CC(C)(C)C)c2ccc(-c3c(F)cccc3C(F)(F)F)cc21. The highest BCUT2D eigenvalue weighted by Crippen LogP contribution is 2.39. The number of rotatable bonds is 2. The van der Waals surface area contributed by atoms with Crippen LogP contribution in [0, 0.1) is 11.2 Å².